The van der Waals surface area contributed by atoms with Crippen LogP contribution in [0.15, 0.2) is 42.5 Å². The highest BCUT2D eigenvalue weighted by molar-refractivity contribution is 5.92. The summed E-state index contributed by atoms with van der Waals surface area (Å²) in [6.45, 7) is 7.66. The highest BCUT2D eigenvalue weighted by Gasteiger charge is 2.20. The summed E-state index contributed by atoms with van der Waals surface area (Å²) in [5, 5.41) is 0. The molecule has 2 aromatic carbocycles. The van der Waals surface area contributed by atoms with Crippen molar-refractivity contribution < 1.29 is 19.0 Å². The van der Waals surface area contributed by atoms with Gasteiger partial charge in [0.05, 0.1) is 20.3 Å². The molecule has 0 bridgehead atoms. The van der Waals surface area contributed by atoms with Gasteiger partial charge in [0.15, 0.2) is 11.5 Å². The molecular weight excluding hydrogens is 404 g/mol. The lowest BCUT2D eigenvalue weighted by atomic mass is 10.1. The van der Waals surface area contributed by atoms with Crippen molar-refractivity contribution in [3.05, 3.63) is 59.2 Å². The summed E-state index contributed by atoms with van der Waals surface area (Å²) in [4.78, 5) is 17.0. The van der Waals surface area contributed by atoms with Crippen molar-refractivity contribution in [1.82, 2.24) is 9.80 Å². The summed E-state index contributed by atoms with van der Waals surface area (Å²) >= 11 is 0. The van der Waals surface area contributed by atoms with Crippen molar-refractivity contribution in [3.63, 3.8) is 0 Å². The van der Waals surface area contributed by atoms with Crippen LogP contribution in [0.5, 0.6) is 17.2 Å². The third-order valence-electron chi connectivity index (χ3n) is 5.91. The molecule has 0 N–H and O–H groups in total. The average molecular weight is 437 g/mol. The van der Waals surface area contributed by atoms with Crippen molar-refractivity contribution in [2.24, 2.45) is 0 Å². The number of fused-ring (bicyclic) bond motifs is 1. The second-order valence-corrected chi connectivity index (χ2v) is 8.23. The lowest BCUT2D eigenvalue weighted by Gasteiger charge is -2.34. The Kier molecular flexibility index (Phi) is 7.32. The molecule has 1 amide bonds. The summed E-state index contributed by atoms with van der Waals surface area (Å²) in [5.74, 6) is 2.48. The first-order valence-corrected chi connectivity index (χ1v) is 11.4. The van der Waals surface area contributed by atoms with Crippen LogP contribution in [0.1, 0.15) is 30.0 Å². The van der Waals surface area contributed by atoms with Gasteiger partial charge in [-0.3, -0.25) is 9.69 Å². The molecule has 0 aromatic heterocycles. The van der Waals surface area contributed by atoms with E-state index in [4.69, 9.17) is 14.2 Å². The van der Waals surface area contributed by atoms with E-state index in [2.05, 4.69) is 30.0 Å². The van der Waals surface area contributed by atoms with Gasteiger partial charge < -0.3 is 19.1 Å². The first-order valence-electron chi connectivity index (χ1n) is 11.4. The Morgan fingerprint density at radius 2 is 1.94 bits per heavy atom. The lowest BCUT2D eigenvalue weighted by Crippen LogP contribution is -2.47. The van der Waals surface area contributed by atoms with Crippen LogP contribution in [0.25, 0.3) is 6.08 Å². The quantitative estimate of drug-likeness (QED) is 0.590. The van der Waals surface area contributed by atoms with E-state index in [1.807, 2.05) is 29.2 Å². The summed E-state index contributed by atoms with van der Waals surface area (Å²) in [5.41, 5.74) is 3.54. The molecule has 170 valence electrons. The lowest BCUT2D eigenvalue weighted by molar-refractivity contribution is -0.127. The Labute approximate surface area is 190 Å². The fourth-order valence-electron chi connectivity index (χ4n) is 4.11. The zero-order valence-electron chi connectivity index (χ0n) is 19.0. The molecule has 0 saturated carbocycles. The fourth-order valence-corrected chi connectivity index (χ4v) is 4.11. The molecule has 0 radical (unpaired) electrons. The van der Waals surface area contributed by atoms with Crippen LogP contribution in [0, 0.1) is 0 Å². The number of nitrogens with zero attached hydrogens (tertiary/aromatic N) is 2. The molecule has 6 nitrogen and oxygen atoms in total. The van der Waals surface area contributed by atoms with E-state index in [9.17, 15) is 4.79 Å². The minimum absolute atomic E-state index is 0.0459. The summed E-state index contributed by atoms with van der Waals surface area (Å²) in [7, 11) is 1.63. The Balaban J connectivity index is 1.28. The molecule has 2 aliphatic rings. The van der Waals surface area contributed by atoms with E-state index in [0.29, 0.717) is 12.4 Å². The number of hydrogen-bond donors (Lipinski definition) is 0. The Hall–Kier alpha value is -2.99. The maximum Gasteiger partial charge on any atom is 0.246 e. The van der Waals surface area contributed by atoms with Gasteiger partial charge in [-0.1, -0.05) is 25.1 Å². The second-order valence-electron chi connectivity index (χ2n) is 8.23. The van der Waals surface area contributed by atoms with Crippen LogP contribution in [-0.4, -0.2) is 62.2 Å². The molecule has 1 fully saturated rings. The molecular formula is C26H32N2O4. The molecule has 4 rings (SSSR count). The number of benzene rings is 2. The molecule has 2 heterocycles. The zero-order chi connectivity index (χ0) is 22.3. The van der Waals surface area contributed by atoms with Crippen LogP contribution in [0.3, 0.4) is 0 Å². The minimum Gasteiger partial charge on any atom is -0.493 e. The highest BCUT2D eigenvalue weighted by Crippen LogP contribution is 2.29. The topological polar surface area (TPSA) is 51.2 Å². The van der Waals surface area contributed by atoms with E-state index >= 15 is 0 Å². The fraction of sp³-hybridized carbons (Fsp3) is 0.423. The predicted molar refractivity (Wildman–Crippen MR) is 125 cm³/mol. The van der Waals surface area contributed by atoms with E-state index in [1.165, 1.54) is 11.1 Å². The number of ether oxygens (including phenoxy) is 3. The van der Waals surface area contributed by atoms with E-state index in [-0.39, 0.29) is 5.91 Å². The van der Waals surface area contributed by atoms with Crippen molar-refractivity contribution in [3.8, 4) is 17.2 Å². The van der Waals surface area contributed by atoms with E-state index in [1.54, 1.807) is 13.2 Å². The highest BCUT2D eigenvalue weighted by atomic mass is 16.5. The Morgan fingerprint density at radius 3 is 2.72 bits per heavy atom. The summed E-state index contributed by atoms with van der Waals surface area (Å²) < 4.78 is 16.7. The summed E-state index contributed by atoms with van der Waals surface area (Å²) in [6, 6.07) is 12.2. The smallest absolute Gasteiger partial charge is 0.246 e. The van der Waals surface area contributed by atoms with Gasteiger partial charge in [-0.15, -0.1) is 0 Å². The number of piperazine rings is 1. The van der Waals surface area contributed by atoms with Crippen molar-refractivity contribution >= 4 is 12.0 Å². The largest absolute Gasteiger partial charge is 0.493 e. The number of carbonyl (C=O) groups excluding carboxylic acids is 1. The molecule has 2 aliphatic heterocycles. The maximum atomic E-state index is 12.7. The first kappa shape index (κ1) is 22.2. The third kappa shape index (κ3) is 5.43. The SMILES string of the molecule is CCCOc1ccc(/C=C/C(=O)N2CCN(Cc3ccc4c(c3)CCO4)CC2)cc1OC. The van der Waals surface area contributed by atoms with Gasteiger partial charge in [0.2, 0.25) is 5.91 Å². The minimum atomic E-state index is 0.0459. The molecule has 0 unspecified atom stereocenters. The van der Waals surface area contributed by atoms with Crippen molar-refractivity contribution in [2.45, 2.75) is 26.3 Å². The van der Waals surface area contributed by atoms with Crippen LogP contribution in [0.2, 0.25) is 0 Å². The van der Waals surface area contributed by atoms with Crippen molar-refractivity contribution in [1.29, 1.82) is 0 Å². The third-order valence-corrected chi connectivity index (χ3v) is 5.91. The average Bonchev–Trinajstić information content (AvgIpc) is 3.30. The van der Waals surface area contributed by atoms with Gasteiger partial charge >= 0.3 is 0 Å². The monoisotopic (exact) mass is 436 g/mol. The van der Waals surface area contributed by atoms with Gasteiger partial charge in [-0.25, -0.2) is 0 Å². The molecule has 0 atom stereocenters. The number of hydrogen-bond acceptors (Lipinski definition) is 5. The molecule has 32 heavy (non-hydrogen) atoms. The molecule has 1 saturated heterocycles. The number of rotatable bonds is 8. The van der Waals surface area contributed by atoms with Crippen LogP contribution < -0.4 is 14.2 Å². The molecule has 0 aliphatic carbocycles. The van der Waals surface area contributed by atoms with E-state index in [0.717, 1.165) is 69.2 Å². The normalized spacial score (nSPS) is 16.1. The number of amides is 1. The number of carbonyl (C=O) groups is 1. The van der Waals surface area contributed by atoms with Crippen molar-refractivity contribution in [2.75, 3.05) is 46.5 Å². The first-order chi connectivity index (χ1) is 15.7. The van der Waals surface area contributed by atoms with Crippen LogP contribution >= 0.6 is 0 Å². The van der Waals surface area contributed by atoms with Crippen LogP contribution in [-0.2, 0) is 17.8 Å². The predicted octanol–water partition coefficient (Wildman–Crippen LogP) is 3.78. The maximum absolute atomic E-state index is 12.7. The second kappa shape index (κ2) is 10.6. The standard InChI is InChI=1S/C26H32N2O4/c1-3-15-31-24-8-4-20(18-25(24)30-2)6-9-26(29)28-13-11-27(12-14-28)19-21-5-7-23-22(17-21)10-16-32-23/h4-9,17-18H,3,10-16,19H2,1-2H3/b9-6+. The zero-order valence-corrected chi connectivity index (χ0v) is 19.0. The van der Waals surface area contributed by atoms with Crippen LogP contribution in [0.4, 0.5) is 0 Å². The Morgan fingerprint density at radius 1 is 1.09 bits per heavy atom. The molecule has 6 heteroatoms. The van der Waals surface area contributed by atoms with Gasteiger partial charge in [-0.2, -0.15) is 0 Å². The van der Waals surface area contributed by atoms with E-state index < -0.39 is 0 Å². The number of methoxy groups -OCH3 is 1. The molecule has 0 spiro atoms. The van der Waals surface area contributed by atoms with Gasteiger partial charge in [0, 0.05) is 45.2 Å². The van der Waals surface area contributed by atoms with Gasteiger partial charge in [0.1, 0.15) is 5.75 Å². The Bertz CT molecular complexity index is 964. The van der Waals surface area contributed by atoms with Gasteiger partial charge in [0.25, 0.3) is 0 Å². The molecule has 2 aromatic rings. The van der Waals surface area contributed by atoms with Gasteiger partial charge in [-0.05, 0) is 47.4 Å². The summed E-state index contributed by atoms with van der Waals surface area (Å²) in [6.07, 6.45) is 5.43.